The first kappa shape index (κ1) is 14.2. The molecule has 0 unspecified atom stereocenters. The molecule has 0 aromatic heterocycles. The second-order valence-electron chi connectivity index (χ2n) is 6.62. The Balaban J connectivity index is 2.06. The van der Waals surface area contributed by atoms with E-state index in [0.717, 1.165) is 0 Å². The Morgan fingerprint density at radius 3 is 1.56 bits per heavy atom. The van der Waals surface area contributed by atoms with Crippen molar-refractivity contribution in [1.82, 2.24) is 0 Å². The average molecular weight is 318 g/mol. The standard InChI is InChI=1S/C25H18/c1-17-19-11-4-6-14-22(19)25(23-15-7-5-12-20(17)23)24-16-8-10-18-9-2-3-13-21(18)24/h2-16H,1H3. The fourth-order valence-corrected chi connectivity index (χ4v) is 4.08. The van der Waals surface area contributed by atoms with E-state index in [4.69, 9.17) is 0 Å². The molecule has 0 aliphatic carbocycles. The lowest BCUT2D eigenvalue weighted by Crippen LogP contribution is -1.90. The van der Waals surface area contributed by atoms with Gasteiger partial charge in [-0.25, -0.2) is 0 Å². The zero-order valence-electron chi connectivity index (χ0n) is 14.2. The third kappa shape index (κ3) is 2.08. The van der Waals surface area contributed by atoms with Crippen LogP contribution in [0, 0.1) is 6.92 Å². The molecule has 5 aromatic carbocycles. The van der Waals surface area contributed by atoms with Gasteiger partial charge in [-0.1, -0.05) is 91.0 Å². The summed E-state index contributed by atoms with van der Waals surface area (Å²) in [6.45, 7) is 2.23. The van der Waals surface area contributed by atoms with Gasteiger partial charge in [0.25, 0.3) is 0 Å². The molecule has 0 fully saturated rings. The molecule has 0 saturated carbocycles. The summed E-state index contributed by atoms with van der Waals surface area (Å²) in [5, 5.41) is 7.93. The van der Waals surface area contributed by atoms with Crippen molar-refractivity contribution in [2.45, 2.75) is 6.92 Å². The molecule has 0 aliphatic rings. The normalized spacial score (nSPS) is 11.4. The molecular formula is C25H18. The van der Waals surface area contributed by atoms with E-state index in [0.29, 0.717) is 0 Å². The monoisotopic (exact) mass is 318 g/mol. The van der Waals surface area contributed by atoms with E-state index in [1.807, 2.05) is 0 Å². The van der Waals surface area contributed by atoms with Crippen molar-refractivity contribution in [2.75, 3.05) is 0 Å². The molecule has 0 nitrogen and oxygen atoms in total. The van der Waals surface area contributed by atoms with Crippen molar-refractivity contribution in [3.05, 3.63) is 96.6 Å². The third-order valence-electron chi connectivity index (χ3n) is 5.26. The minimum absolute atomic E-state index is 1.29. The number of fused-ring (bicyclic) bond motifs is 3. The van der Waals surface area contributed by atoms with E-state index in [-0.39, 0.29) is 0 Å². The predicted molar refractivity (Wildman–Crippen MR) is 109 cm³/mol. The summed E-state index contributed by atoms with van der Waals surface area (Å²) >= 11 is 0. The molecule has 0 amide bonds. The van der Waals surface area contributed by atoms with Gasteiger partial charge < -0.3 is 0 Å². The first-order valence-electron chi connectivity index (χ1n) is 8.73. The number of hydrogen-bond acceptors (Lipinski definition) is 0. The largest absolute Gasteiger partial charge is 0.0616 e. The Morgan fingerprint density at radius 2 is 0.920 bits per heavy atom. The molecule has 0 radical (unpaired) electrons. The highest BCUT2D eigenvalue weighted by atomic mass is 14.2. The number of hydrogen-bond donors (Lipinski definition) is 0. The zero-order chi connectivity index (χ0) is 16.8. The molecule has 0 spiro atoms. The van der Waals surface area contributed by atoms with E-state index >= 15 is 0 Å². The van der Waals surface area contributed by atoms with Crippen molar-refractivity contribution in [1.29, 1.82) is 0 Å². The SMILES string of the molecule is Cc1c2ccccc2c(-c2cccc3ccccc23)c2ccccc12. The summed E-state index contributed by atoms with van der Waals surface area (Å²) in [5.74, 6) is 0. The van der Waals surface area contributed by atoms with Gasteiger partial charge in [-0.15, -0.1) is 0 Å². The van der Waals surface area contributed by atoms with Crippen LogP contribution in [0.1, 0.15) is 5.56 Å². The second-order valence-corrected chi connectivity index (χ2v) is 6.62. The van der Waals surface area contributed by atoms with Gasteiger partial charge in [-0.3, -0.25) is 0 Å². The highest BCUT2D eigenvalue weighted by molar-refractivity contribution is 6.18. The van der Waals surface area contributed by atoms with Gasteiger partial charge in [-0.2, -0.15) is 0 Å². The van der Waals surface area contributed by atoms with Crippen molar-refractivity contribution < 1.29 is 0 Å². The molecular weight excluding hydrogens is 300 g/mol. The summed E-state index contributed by atoms with van der Waals surface area (Å²) in [5.41, 5.74) is 4.01. The highest BCUT2D eigenvalue weighted by Crippen LogP contribution is 2.41. The Bertz CT molecular complexity index is 1180. The molecule has 0 aliphatic heterocycles. The molecule has 0 atom stereocenters. The van der Waals surface area contributed by atoms with Crippen LogP contribution in [0.3, 0.4) is 0 Å². The van der Waals surface area contributed by atoms with Gasteiger partial charge in [-0.05, 0) is 55.9 Å². The van der Waals surface area contributed by atoms with Gasteiger partial charge in [0.2, 0.25) is 0 Å². The summed E-state index contributed by atoms with van der Waals surface area (Å²) in [6, 6.07) is 32.8. The number of aryl methyl sites for hydroxylation is 1. The van der Waals surface area contributed by atoms with Crippen molar-refractivity contribution >= 4 is 32.3 Å². The van der Waals surface area contributed by atoms with Crippen LogP contribution in [-0.2, 0) is 0 Å². The van der Waals surface area contributed by atoms with Crippen LogP contribution < -0.4 is 0 Å². The third-order valence-corrected chi connectivity index (χ3v) is 5.26. The molecule has 5 aromatic rings. The maximum absolute atomic E-state index is 2.26. The van der Waals surface area contributed by atoms with E-state index in [2.05, 4.69) is 97.9 Å². The van der Waals surface area contributed by atoms with Crippen molar-refractivity contribution in [3.63, 3.8) is 0 Å². The Hall–Kier alpha value is -3.12. The van der Waals surface area contributed by atoms with Gasteiger partial charge in [0.15, 0.2) is 0 Å². The van der Waals surface area contributed by atoms with Crippen molar-refractivity contribution in [2.24, 2.45) is 0 Å². The fraction of sp³-hybridized carbons (Fsp3) is 0.0400. The van der Waals surface area contributed by atoms with Crippen LogP contribution in [0.2, 0.25) is 0 Å². The highest BCUT2D eigenvalue weighted by Gasteiger charge is 2.14. The second kappa shape index (κ2) is 5.46. The fourth-order valence-electron chi connectivity index (χ4n) is 4.08. The number of rotatable bonds is 1. The lowest BCUT2D eigenvalue weighted by molar-refractivity contribution is 1.58. The molecule has 0 bridgehead atoms. The smallest absolute Gasteiger partial charge is 0.00204 e. The van der Waals surface area contributed by atoms with Crippen LogP contribution in [0.4, 0.5) is 0 Å². The van der Waals surface area contributed by atoms with E-state index in [9.17, 15) is 0 Å². The lowest BCUT2D eigenvalue weighted by atomic mass is 9.87. The van der Waals surface area contributed by atoms with Gasteiger partial charge in [0.1, 0.15) is 0 Å². The molecule has 0 heterocycles. The minimum Gasteiger partial charge on any atom is -0.0616 e. The first-order valence-corrected chi connectivity index (χ1v) is 8.73. The molecule has 118 valence electrons. The summed E-state index contributed by atoms with van der Waals surface area (Å²) in [4.78, 5) is 0. The maximum atomic E-state index is 2.26. The van der Waals surface area contributed by atoms with Crippen LogP contribution in [0.5, 0.6) is 0 Å². The predicted octanol–water partition coefficient (Wildman–Crippen LogP) is 7.12. The summed E-state index contributed by atoms with van der Waals surface area (Å²) < 4.78 is 0. The quantitative estimate of drug-likeness (QED) is 0.289. The summed E-state index contributed by atoms with van der Waals surface area (Å²) in [6.07, 6.45) is 0. The van der Waals surface area contributed by atoms with E-state index in [1.54, 1.807) is 0 Å². The Kier molecular flexibility index (Phi) is 3.11. The van der Waals surface area contributed by atoms with Gasteiger partial charge in [0.05, 0.1) is 0 Å². The van der Waals surface area contributed by atoms with Crippen LogP contribution >= 0.6 is 0 Å². The van der Waals surface area contributed by atoms with Gasteiger partial charge in [0, 0.05) is 0 Å². The van der Waals surface area contributed by atoms with Gasteiger partial charge >= 0.3 is 0 Å². The zero-order valence-corrected chi connectivity index (χ0v) is 14.2. The number of benzene rings is 5. The van der Waals surface area contributed by atoms with E-state index < -0.39 is 0 Å². The molecule has 0 heteroatoms. The molecule has 5 rings (SSSR count). The molecule has 0 N–H and O–H groups in total. The lowest BCUT2D eigenvalue weighted by Gasteiger charge is -2.16. The Morgan fingerprint density at radius 1 is 0.440 bits per heavy atom. The molecule has 0 saturated heterocycles. The van der Waals surface area contributed by atoms with Crippen LogP contribution in [0.25, 0.3) is 43.4 Å². The van der Waals surface area contributed by atoms with Crippen LogP contribution in [0.15, 0.2) is 91.0 Å². The maximum Gasteiger partial charge on any atom is -0.00204 e. The first-order chi connectivity index (χ1) is 12.3. The van der Waals surface area contributed by atoms with Crippen molar-refractivity contribution in [3.8, 4) is 11.1 Å². The van der Waals surface area contributed by atoms with E-state index in [1.165, 1.54) is 49.0 Å². The Labute approximate surface area is 147 Å². The minimum atomic E-state index is 1.29. The topological polar surface area (TPSA) is 0 Å². The summed E-state index contributed by atoms with van der Waals surface area (Å²) in [7, 11) is 0. The van der Waals surface area contributed by atoms with Crippen LogP contribution in [-0.4, -0.2) is 0 Å². The average Bonchev–Trinajstić information content (AvgIpc) is 2.68. The molecule has 25 heavy (non-hydrogen) atoms.